The summed E-state index contributed by atoms with van der Waals surface area (Å²) in [5.41, 5.74) is 1.06. The van der Waals surface area contributed by atoms with Crippen LogP contribution in [0, 0.1) is 12.3 Å². The van der Waals surface area contributed by atoms with E-state index in [2.05, 4.69) is 15.5 Å². The summed E-state index contributed by atoms with van der Waals surface area (Å²) in [4.78, 5) is 2.21. The molecule has 0 saturated carbocycles. The molecule has 1 fully saturated rings. The quantitative estimate of drug-likeness (QED) is 0.791. The summed E-state index contributed by atoms with van der Waals surface area (Å²) in [5, 5.41) is 0. The molecular weight excluding hydrogens is 288 g/mol. The molecule has 1 aliphatic heterocycles. The van der Waals surface area contributed by atoms with Crippen molar-refractivity contribution in [2.75, 3.05) is 26.0 Å². The van der Waals surface area contributed by atoms with Crippen LogP contribution < -0.4 is 9.46 Å². The highest BCUT2D eigenvalue weighted by molar-refractivity contribution is 7.88. The van der Waals surface area contributed by atoms with Crippen LogP contribution in [0.25, 0.3) is 0 Å². The second-order valence-corrected chi connectivity index (χ2v) is 6.99. The lowest BCUT2D eigenvalue weighted by Gasteiger charge is -2.18. The molecule has 6 heteroatoms. The number of ether oxygens (including phenoxy) is 1. The number of para-hydroxylation sites is 1. The fourth-order valence-electron chi connectivity index (χ4n) is 2.51. The van der Waals surface area contributed by atoms with Gasteiger partial charge in [-0.3, -0.25) is 4.90 Å². The topological polar surface area (TPSA) is 58.6 Å². The number of hydrogen-bond donors (Lipinski definition) is 1. The van der Waals surface area contributed by atoms with Crippen LogP contribution >= 0.6 is 0 Å². The number of likely N-dealkylation sites (tertiary alicyclic amines) is 1. The molecule has 1 aromatic carbocycles. The second-order valence-electron chi connectivity index (χ2n) is 5.21. The SMILES string of the molecule is C#CCOc1ccccc1CN1CC[C@H](NS(C)(=O)=O)C1. The normalized spacial score (nSPS) is 19.3. The van der Waals surface area contributed by atoms with E-state index in [0.29, 0.717) is 6.54 Å². The maximum Gasteiger partial charge on any atom is 0.208 e. The first-order chi connectivity index (χ1) is 9.98. The third-order valence-corrected chi connectivity index (χ3v) is 4.09. The zero-order valence-electron chi connectivity index (χ0n) is 12.1. The predicted molar refractivity (Wildman–Crippen MR) is 82.4 cm³/mol. The van der Waals surface area contributed by atoms with E-state index in [9.17, 15) is 8.42 Å². The average Bonchev–Trinajstić information content (AvgIpc) is 2.83. The molecule has 0 radical (unpaired) electrons. The maximum absolute atomic E-state index is 11.3. The maximum atomic E-state index is 11.3. The number of nitrogens with zero attached hydrogens (tertiary/aromatic N) is 1. The Morgan fingerprint density at radius 3 is 2.95 bits per heavy atom. The predicted octanol–water partition coefficient (Wildman–Crippen LogP) is 0.822. The zero-order chi connectivity index (χ0) is 15.3. The lowest BCUT2D eigenvalue weighted by molar-refractivity contribution is 0.309. The highest BCUT2D eigenvalue weighted by Crippen LogP contribution is 2.22. The van der Waals surface area contributed by atoms with Crippen LogP contribution in [0.4, 0.5) is 0 Å². The van der Waals surface area contributed by atoms with Crippen LogP contribution in [-0.2, 0) is 16.6 Å². The Bertz CT molecular complexity index is 622. The summed E-state index contributed by atoms with van der Waals surface area (Å²) in [6.45, 7) is 2.53. The molecule has 0 aromatic heterocycles. The summed E-state index contributed by atoms with van der Waals surface area (Å²) < 4.78 is 30.7. The fourth-order valence-corrected chi connectivity index (χ4v) is 3.31. The van der Waals surface area contributed by atoms with Gasteiger partial charge in [0.2, 0.25) is 10.0 Å². The lowest BCUT2D eigenvalue weighted by atomic mass is 10.2. The Labute approximate surface area is 126 Å². The van der Waals surface area contributed by atoms with Gasteiger partial charge in [-0.15, -0.1) is 6.42 Å². The summed E-state index contributed by atoms with van der Waals surface area (Å²) in [5.74, 6) is 3.24. The molecule has 1 aromatic rings. The zero-order valence-corrected chi connectivity index (χ0v) is 12.9. The van der Waals surface area contributed by atoms with Crippen molar-refractivity contribution < 1.29 is 13.2 Å². The van der Waals surface area contributed by atoms with Crippen LogP contribution in [0.3, 0.4) is 0 Å². The van der Waals surface area contributed by atoms with E-state index in [-0.39, 0.29) is 12.6 Å². The van der Waals surface area contributed by atoms with Crippen molar-refractivity contribution in [3.63, 3.8) is 0 Å². The molecule has 1 atom stereocenters. The van der Waals surface area contributed by atoms with Crippen molar-refractivity contribution in [1.29, 1.82) is 0 Å². The molecule has 0 unspecified atom stereocenters. The van der Waals surface area contributed by atoms with Crippen LogP contribution in [0.1, 0.15) is 12.0 Å². The van der Waals surface area contributed by atoms with Crippen LogP contribution in [0.5, 0.6) is 5.75 Å². The number of hydrogen-bond acceptors (Lipinski definition) is 4. The van der Waals surface area contributed by atoms with E-state index in [0.717, 1.165) is 30.8 Å². The largest absolute Gasteiger partial charge is 0.481 e. The number of rotatable bonds is 6. The van der Waals surface area contributed by atoms with Gasteiger partial charge in [-0.05, 0) is 12.5 Å². The van der Waals surface area contributed by atoms with Gasteiger partial charge >= 0.3 is 0 Å². The minimum atomic E-state index is -3.15. The smallest absolute Gasteiger partial charge is 0.208 e. The van der Waals surface area contributed by atoms with Crippen LogP contribution in [0.15, 0.2) is 24.3 Å². The Kier molecular flexibility index (Phi) is 5.23. The molecular formula is C15H20N2O3S. The van der Waals surface area contributed by atoms with Crippen molar-refractivity contribution in [2.45, 2.75) is 19.0 Å². The molecule has 0 aliphatic carbocycles. The minimum Gasteiger partial charge on any atom is -0.481 e. The Morgan fingerprint density at radius 1 is 1.48 bits per heavy atom. The van der Waals surface area contributed by atoms with Crippen molar-refractivity contribution in [3.05, 3.63) is 29.8 Å². The first-order valence-electron chi connectivity index (χ1n) is 6.82. The molecule has 1 saturated heterocycles. The molecule has 5 nitrogen and oxygen atoms in total. The van der Waals surface area contributed by atoms with Gasteiger partial charge < -0.3 is 4.74 Å². The highest BCUT2D eigenvalue weighted by atomic mass is 32.2. The Morgan fingerprint density at radius 2 is 2.24 bits per heavy atom. The monoisotopic (exact) mass is 308 g/mol. The molecule has 0 spiro atoms. The summed E-state index contributed by atoms with van der Waals surface area (Å²) in [7, 11) is -3.15. The molecule has 1 aliphatic rings. The van der Waals surface area contributed by atoms with Crippen molar-refractivity contribution in [3.8, 4) is 18.1 Å². The summed E-state index contributed by atoms with van der Waals surface area (Å²) in [6, 6.07) is 7.75. The number of benzene rings is 1. The van der Waals surface area contributed by atoms with E-state index < -0.39 is 10.0 Å². The number of nitrogens with one attached hydrogen (secondary N) is 1. The number of sulfonamides is 1. The molecule has 2 rings (SSSR count). The van der Waals surface area contributed by atoms with Gasteiger partial charge in [-0.1, -0.05) is 24.1 Å². The van der Waals surface area contributed by atoms with E-state index in [4.69, 9.17) is 11.2 Å². The highest BCUT2D eigenvalue weighted by Gasteiger charge is 2.25. The third kappa shape index (κ3) is 5.05. The van der Waals surface area contributed by atoms with Gasteiger partial charge in [0.25, 0.3) is 0 Å². The van der Waals surface area contributed by atoms with Crippen LogP contribution in [0.2, 0.25) is 0 Å². The Hall–Kier alpha value is -1.55. The average molecular weight is 308 g/mol. The van der Waals surface area contributed by atoms with Crippen molar-refractivity contribution in [2.24, 2.45) is 0 Å². The van der Waals surface area contributed by atoms with Crippen molar-refractivity contribution in [1.82, 2.24) is 9.62 Å². The summed E-state index contributed by atoms with van der Waals surface area (Å²) >= 11 is 0. The van der Waals surface area contributed by atoms with E-state index in [1.54, 1.807) is 0 Å². The molecule has 0 bridgehead atoms. The van der Waals surface area contributed by atoms with Crippen LogP contribution in [-0.4, -0.2) is 45.3 Å². The van der Waals surface area contributed by atoms with E-state index in [1.165, 1.54) is 6.26 Å². The molecule has 1 N–H and O–H groups in total. The Balaban J connectivity index is 1.96. The van der Waals surface area contributed by atoms with Gasteiger partial charge in [0.15, 0.2) is 0 Å². The van der Waals surface area contributed by atoms with Crippen molar-refractivity contribution >= 4 is 10.0 Å². The van der Waals surface area contributed by atoms with Gasteiger partial charge in [0, 0.05) is 31.2 Å². The second kappa shape index (κ2) is 6.94. The van der Waals surface area contributed by atoms with E-state index in [1.807, 2.05) is 24.3 Å². The summed E-state index contributed by atoms with van der Waals surface area (Å²) in [6.07, 6.45) is 7.23. The van der Waals surface area contributed by atoms with Gasteiger partial charge in [0.05, 0.1) is 6.26 Å². The molecule has 114 valence electrons. The van der Waals surface area contributed by atoms with E-state index >= 15 is 0 Å². The standard InChI is InChI=1S/C15H20N2O3S/c1-3-10-20-15-7-5-4-6-13(15)11-17-9-8-14(12-17)16-21(2,18)19/h1,4-7,14,16H,8-12H2,2H3/t14-/m0/s1. The first kappa shape index (κ1) is 15.8. The fraction of sp³-hybridized carbons (Fsp3) is 0.467. The molecule has 0 amide bonds. The van der Waals surface area contributed by atoms with Gasteiger partial charge in [-0.25, -0.2) is 13.1 Å². The minimum absolute atomic E-state index is 0.0150. The number of terminal acetylenes is 1. The lowest BCUT2D eigenvalue weighted by Crippen LogP contribution is -2.36. The van der Waals surface area contributed by atoms with Gasteiger partial charge in [0.1, 0.15) is 12.4 Å². The third-order valence-electron chi connectivity index (χ3n) is 3.33. The van der Waals surface area contributed by atoms with Gasteiger partial charge in [-0.2, -0.15) is 0 Å². The molecule has 1 heterocycles. The first-order valence-corrected chi connectivity index (χ1v) is 8.71. The molecule has 21 heavy (non-hydrogen) atoms.